The van der Waals surface area contributed by atoms with Crippen LogP contribution in [-0.4, -0.2) is 48.1 Å². The molecule has 0 bridgehead atoms. The number of carbonyl (C=O) groups is 2. The zero-order valence-electron chi connectivity index (χ0n) is 17.6. The molecule has 8 nitrogen and oxygen atoms in total. The third-order valence-corrected chi connectivity index (χ3v) is 5.33. The van der Waals surface area contributed by atoms with Crippen LogP contribution in [0.4, 0.5) is 0 Å². The molecule has 0 aliphatic rings. The molecule has 3 aromatic rings. The molecule has 0 saturated heterocycles. The number of rotatable bonds is 8. The second-order valence-corrected chi connectivity index (χ2v) is 7.64. The van der Waals surface area contributed by atoms with Crippen molar-refractivity contribution in [3.63, 3.8) is 0 Å². The Hall–Kier alpha value is -3.36. The minimum absolute atomic E-state index is 0.0162. The molecule has 168 valence electrons. The van der Waals surface area contributed by atoms with E-state index in [0.29, 0.717) is 23.2 Å². The minimum atomic E-state index is -1.10. The summed E-state index contributed by atoms with van der Waals surface area (Å²) in [5.74, 6) is -0.713. The highest BCUT2D eigenvalue weighted by Crippen LogP contribution is 2.25. The molecule has 2 aromatic carbocycles. The van der Waals surface area contributed by atoms with Crippen molar-refractivity contribution >= 4 is 34.4 Å². The summed E-state index contributed by atoms with van der Waals surface area (Å²) >= 11 is 5.91. The predicted octanol–water partition coefficient (Wildman–Crippen LogP) is 2.27. The van der Waals surface area contributed by atoms with E-state index in [9.17, 15) is 19.5 Å². The van der Waals surface area contributed by atoms with Gasteiger partial charge in [0.25, 0.3) is 5.91 Å². The second-order valence-electron chi connectivity index (χ2n) is 7.26. The second kappa shape index (κ2) is 10.3. The van der Waals surface area contributed by atoms with Crippen molar-refractivity contribution in [2.24, 2.45) is 0 Å². The first-order valence-electron chi connectivity index (χ1n) is 9.85. The molecule has 2 N–H and O–H groups in total. The number of benzene rings is 2. The van der Waals surface area contributed by atoms with Crippen molar-refractivity contribution in [2.45, 2.75) is 19.5 Å². The zero-order chi connectivity index (χ0) is 23.3. The predicted molar refractivity (Wildman–Crippen MR) is 120 cm³/mol. The SMILES string of the molecule is Cc1c(Cl)c(=O)oc2cc(OCC(=O)N[C@@H](CO)C(=O)N(C)Cc3ccccc3)ccc12. The Bertz CT molecular complexity index is 1180. The Morgan fingerprint density at radius 2 is 1.94 bits per heavy atom. The number of nitrogens with zero attached hydrogens (tertiary/aromatic N) is 1. The monoisotopic (exact) mass is 458 g/mol. The normalized spacial score (nSPS) is 11.8. The molecule has 0 aliphatic carbocycles. The highest BCUT2D eigenvalue weighted by Gasteiger charge is 2.23. The van der Waals surface area contributed by atoms with E-state index in [1.807, 2.05) is 30.3 Å². The van der Waals surface area contributed by atoms with Gasteiger partial charge in [-0.1, -0.05) is 41.9 Å². The van der Waals surface area contributed by atoms with E-state index in [2.05, 4.69) is 5.32 Å². The maximum absolute atomic E-state index is 12.6. The first kappa shape index (κ1) is 23.3. The standard InChI is InChI=1S/C23H23ClN2O6/c1-14-17-9-8-16(10-19(17)32-23(30)21(14)24)31-13-20(28)25-18(12-27)22(29)26(2)11-15-6-4-3-5-7-15/h3-10,18,27H,11-13H2,1-2H3,(H,25,28)/t18-/m0/s1. The number of carbonyl (C=O) groups excluding carboxylic acids is 2. The number of hydrogen-bond acceptors (Lipinski definition) is 6. The van der Waals surface area contributed by atoms with Crippen LogP contribution in [0.1, 0.15) is 11.1 Å². The average Bonchev–Trinajstić information content (AvgIpc) is 2.79. The molecule has 0 fully saturated rings. The van der Waals surface area contributed by atoms with Crippen LogP contribution >= 0.6 is 11.6 Å². The Morgan fingerprint density at radius 1 is 1.22 bits per heavy atom. The van der Waals surface area contributed by atoms with E-state index in [4.69, 9.17) is 20.8 Å². The maximum atomic E-state index is 12.6. The van der Waals surface area contributed by atoms with Crippen LogP contribution in [0.3, 0.4) is 0 Å². The number of ether oxygens (including phenoxy) is 1. The highest BCUT2D eigenvalue weighted by atomic mass is 35.5. The number of aryl methyl sites for hydroxylation is 1. The number of amides is 2. The number of aliphatic hydroxyl groups is 1. The lowest BCUT2D eigenvalue weighted by Gasteiger charge is -2.23. The Labute approximate surface area is 189 Å². The zero-order valence-corrected chi connectivity index (χ0v) is 18.4. The summed E-state index contributed by atoms with van der Waals surface area (Å²) in [5.41, 5.74) is 1.14. The quantitative estimate of drug-likeness (QED) is 0.501. The topological polar surface area (TPSA) is 109 Å². The fourth-order valence-electron chi connectivity index (χ4n) is 3.17. The largest absolute Gasteiger partial charge is 0.484 e. The summed E-state index contributed by atoms with van der Waals surface area (Å²) in [6.07, 6.45) is 0. The smallest absolute Gasteiger partial charge is 0.355 e. The summed E-state index contributed by atoms with van der Waals surface area (Å²) in [6, 6.07) is 13.0. The van der Waals surface area contributed by atoms with E-state index >= 15 is 0 Å². The molecule has 1 aromatic heterocycles. The molecule has 0 aliphatic heterocycles. The molecule has 3 rings (SSSR count). The number of fused-ring (bicyclic) bond motifs is 1. The number of nitrogens with one attached hydrogen (secondary N) is 1. The summed E-state index contributed by atoms with van der Waals surface area (Å²) in [6.45, 7) is 1.10. The van der Waals surface area contributed by atoms with Crippen LogP contribution in [0, 0.1) is 6.92 Å². The van der Waals surface area contributed by atoms with E-state index < -0.39 is 36.7 Å². The van der Waals surface area contributed by atoms with Gasteiger partial charge in [-0.15, -0.1) is 0 Å². The summed E-state index contributed by atoms with van der Waals surface area (Å²) < 4.78 is 10.6. The molecule has 1 heterocycles. The Kier molecular flexibility index (Phi) is 7.50. The Balaban J connectivity index is 1.59. The number of aliphatic hydroxyl groups excluding tert-OH is 1. The molecule has 0 unspecified atom stereocenters. The maximum Gasteiger partial charge on any atom is 0.355 e. The lowest BCUT2D eigenvalue weighted by Crippen LogP contribution is -2.50. The van der Waals surface area contributed by atoms with Crippen molar-refractivity contribution in [2.75, 3.05) is 20.3 Å². The van der Waals surface area contributed by atoms with Crippen molar-refractivity contribution in [3.05, 3.63) is 75.1 Å². The third kappa shape index (κ3) is 5.46. The van der Waals surface area contributed by atoms with Crippen molar-refractivity contribution < 1.29 is 23.8 Å². The fraction of sp³-hybridized carbons (Fsp3) is 0.261. The molecule has 0 spiro atoms. The van der Waals surface area contributed by atoms with Gasteiger partial charge in [-0.3, -0.25) is 9.59 Å². The molecular weight excluding hydrogens is 436 g/mol. The average molecular weight is 459 g/mol. The lowest BCUT2D eigenvalue weighted by atomic mass is 10.1. The van der Waals surface area contributed by atoms with Gasteiger partial charge in [-0.05, 0) is 30.2 Å². The van der Waals surface area contributed by atoms with Crippen LogP contribution in [0.25, 0.3) is 11.0 Å². The molecule has 0 radical (unpaired) electrons. The van der Waals surface area contributed by atoms with Crippen LogP contribution < -0.4 is 15.7 Å². The Morgan fingerprint density at radius 3 is 2.62 bits per heavy atom. The van der Waals surface area contributed by atoms with Gasteiger partial charge in [0, 0.05) is 25.0 Å². The third-order valence-electron chi connectivity index (χ3n) is 4.89. The van der Waals surface area contributed by atoms with Gasteiger partial charge in [0.05, 0.1) is 6.61 Å². The van der Waals surface area contributed by atoms with Gasteiger partial charge in [0.15, 0.2) is 6.61 Å². The molecular formula is C23H23ClN2O6. The molecule has 0 saturated carbocycles. The number of likely N-dealkylation sites (N-methyl/N-ethyl adjacent to an activating group) is 1. The first-order chi connectivity index (χ1) is 15.3. The summed E-state index contributed by atoms with van der Waals surface area (Å²) in [5, 5.41) is 12.7. The van der Waals surface area contributed by atoms with Crippen molar-refractivity contribution in [1.29, 1.82) is 0 Å². The van der Waals surface area contributed by atoms with Crippen LogP contribution in [0.2, 0.25) is 5.02 Å². The van der Waals surface area contributed by atoms with E-state index in [0.717, 1.165) is 5.56 Å². The summed E-state index contributed by atoms with van der Waals surface area (Å²) in [7, 11) is 1.59. The van der Waals surface area contributed by atoms with E-state index in [1.54, 1.807) is 26.1 Å². The molecule has 9 heteroatoms. The van der Waals surface area contributed by atoms with Crippen LogP contribution in [-0.2, 0) is 16.1 Å². The van der Waals surface area contributed by atoms with E-state index in [-0.39, 0.29) is 10.6 Å². The van der Waals surface area contributed by atoms with Gasteiger partial charge in [-0.2, -0.15) is 0 Å². The van der Waals surface area contributed by atoms with Crippen LogP contribution in [0.5, 0.6) is 5.75 Å². The van der Waals surface area contributed by atoms with Gasteiger partial charge in [0.2, 0.25) is 5.91 Å². The molecule has 32 heavy (non-hydrogen) atoms. The van der Waals surface area contributed by atoms with Gasteiger partial charge in [0.1, 0.15) is 22.4 Å². The molecule has 1 atom stereocenters. The van der Waals surface area contributed by atoms with Crippen molar-refractivity contribution in [1.82, 2.24) is 10.2 Å². The lowest BCUT2D eigenvalue weighted by molar-refractivity contribution is -0.137. The molecule has 2 amide bonds. The summed E-state index contributed by atoms with van der Waals surface area (Å²) in [4.78, 5) is 38.0. The first-order valence-corrected chi connectivity index (χ1v) is 10.2. The minimum Gasteiger partial charge on any atom is -0.484 e. The van der Waals surface area contributed by atoms with Gasteiger partial charge in [-0.25, -0.2) is 4.79 Å². The van der Waals surface area contributed by atoms with Crippen LogP contribution in [0.15, 0.2) is 57.7 Å². The van der Waals surface area contributed by atoms with Gasteiger partial charge < -0.3 is 24.5 Å². The number of hydrogen-bond donors (Lipinski definition) is 2. The van der Waals surface area contributed by atoms with E-state index in [1.165, 1.54) is 11.0 Å². The number of halogens is 1. The van der Waals surface area contributed by atoms with Gasteiger partial charge >= 0.3 is 5.63 Å². The highest BCUT2D eigenvalue weighted by molar-refractivity contribution is 6.31. The van der Waals surface area contributed by atoms with Crippen molar-refractivity contribution in [3.8, 4) is 5.75 Å². The fourth-order valence-corrected chi connectivity index (χ4v) is 3.31.